The van der Waals surface area contributed by atoms with Gasteiger partial charge >= 0.3 is 0 Å². The molecule has 0 aliphatic rings. The van der Waals surface area contributed by atoms with Crippen molar-refractivity contribution in [2.75, 3.05) is 5.32 Å². The zero-order valence-corrected chi connectivity index (χ0v) is 15.5. The monoisotopic (exact) mass is 372 g/mol. The number of para-hydroxylation sites is 2. The van der Waals surface area contributed by atoms with Gasteiger partial charge in [-0.25, -0.2) is 4.98 Å². The molecule has 0 amide bonds. The normalized spacial score (nSPS) is 10.7. The Bertz CT molecular complexity index is 1140. The van der Waals surface area contributed by atoms with E-state index in [-0.39, 0.29) is 5.78 Å². The first-order chi connectivity index (χ1) is 13.1. The first-order valence-electron chi connectivity index (χ1n) is 8.65. The summed E-state index contributed by atoms with van der Waals surface area (Å²) in [7, 11) is 0. The van der Waals surface area contributed by atoms with Gasteiger partial charge in [0.15, 0.2) is 5.78 Å². The van der Waals surface area contributed by atoms with Crippen LogP contribution >= 0.6 is 11.6 Å². The summed E-state index contributed by atoms with van der Waals surface area (Å²) in [6.45, 7) is 2.00. The van der Waals surface area contributed by atoms with Gasteiger partial charge < -0.3 is 5.32 Å². The van der Waals surface area contributed by atoms with Crippen molar-refractivity contribution < 1.29 is 4.79 Å². The van der Waals surface area contributed by atoms with Crippen LogP contribution < -0.4 is 5.32 Å². The molecule has 0 fully saturated rings. The number of nitrogens with one attached hydrogen (secondary N) is 1. The number of carbonyl (C=O) groups excluding carboxylic acids is 1. The summed E-state index contributed by atoms with van der Waals surface area (Å²) in [6.07, 6.45) is 0. The molecule has 0 saturated carbocycles. The number of fused-ring (bicyclic) bond motifs is 1. The molecule has 27 heavy (non-hydrogen) atoms. The second kappa shape index (κ2) is 7.22. The van der Waals surface area contributed by atoms with Crippen LogP contribution in [-0.4, -0.2) is 10.8 Å². The van der Waals surface area contributed by atoms with E-state index in [4.69, 9.17) is 16.6 Å². The number of ketones is 1. The quantitative estimate of drug-likeness (QED) is 0.435. The third kappa shape index (κ3) is 3.42. The highest BCUT2D eigenvalue weighted by atomic mass is 35.5. The number of halogens is 1. The molecule has 0 spiro atoms. The van der Waals surface area contributed by atoms with Crippen LogP contribution in [0.2, 0.25) is 5.02 Å². The fourth-order valence-electron chi connectivity index (χ4n) is 3.09. The maximum Gasteiger partial charge on any atom is 0.195 e. The first-order valence-corrected chi connectivity index (χ1v) is 9.03. The fraction of sp³-hybridized carbons (Fsp3) is 0.0435. The topological polar surface area (TPSA) is 42.0 Å². The van der Waals surface area contributed by atoms with E-state index in [1.165, 1.54) is 0 Å². The highest BCUT2D eigenvalue weighted by Crippen LogP contribution is 2.29. The molecule has 4 aromatic rings. The molecule has 0 saturated heterocycles. The van der Waals surface area contributed by atoms with E-state index < -0.39 is 0 Å². The van der Waals surface area contributed by atoms with Crippen LogP contribution in [0.15, 0.2) is 78.9 Å². The lowest BCUT2D eigenvalue weighted by Gasteiger charge is -2.13. The van der Waals surface area contributed by atoms with Gasteiger partial charge in [0, 0.05) is 22.6 Å². The molecular formula is C23H17ClN2O. The molecule has 0 atom stereocenters. The number of carbonyl (C=O) groups is 1. The zero-order chi connectivity index (χ0) is 18.8. The van der Waals surface area contributed by atoms with E-state index in [0.717, 1.165) is 16.5 Å². The number of hydrogen-bond donors (Lipinski definition) is 1. The molecule has 0 aliphatic heterocycles. The van der Waals surface area contributed by atoms with Crippen LogP contribution in [0.5, 0.6) is 0 Å². The smallest absolute Gasteiger partial charge is 0.195 e. The number of hydrogen-bond acceptors (Lipinski definition) is 3. The van der Waals surface area contributed by atoms with Crippen molar-refractivity contribution in [1.82, 2.24) is 4.98 Å². The second-order valence-electron chi connectivity index (χ2n) is 6.33. The van der Waals surface area contributed by atoms with Crippen molar-refractivity contribution in [3.05, 3.63) is 101 Å². The predicted molar refractivity (Wildman–Crippen MR) is 111 cm³/mol. The van der Waals surface area contributed by atoms with Crippen molar-refractivity contribution in [2.24, 2.45) is 0 Å². The maximum absolute atomic E-state index is 12.9. The van der Waals surface area contributed by atoms with Gasteiger partial charge in [0.25, 0.3) is 0 Å². The van der Waals surface area contributed by atoms with Crippen LogP contribution in [0.25, 0.3) is 10.9 Å². The minimum Gasteiger partial charge on any atom is -0.340 e. The Kier molecular flexibility index (Phi) is 4.61. The van der Waals surface area contributed by atoms with Crippen LogP contribution in [0, 0.1) is 6.92 Å². The Morgan fingerprint density at radius 1 is 0.926 bits per heavy atom. The van der Waals surface area contributed by atoms with E-state index in [1.807, 2.05) is 79.7 Å². The summed E-state index contributed by atoms with van der Waals surface area (Å²) in [5, 5.41) is 4.80. The molecule has 0 unspecified atom stereocenters. The highest BCUT2D eigenvalue weighted by molar-refractivity contribution is 6.35. The number of aryl methyl sites for hydroxylation is 1. The zero-order valence-electron chi connectivity index (χ0n) is 14.7. The lowest BCUT2D eigenvalue weighted by atomic mass is 10.0. The van der Waals surface area contributed by atoms with E-state index in [2.05, 4.69) is 5.32 Å². The molecule has 132 valence electrons. The molecule has 1 aromatic heterocycles. The van der Waals surface area contributed by atoms with E-state index in [0.29, 0.717) is 27.7 Å². The Morgan fingerprint density at radius 2 is 1.67 bits per heavy atom. The van der Waals surface area contributed by atoms with Crippen molar-refractivity contribution >= 4 is 39.8 Å². The lowest BCUT2D eigenvalue weighted by molar-refractivity contribution is 0.103. The van der Waals surface area contributed by atoms with Crippen LogP contribution in [0.4, 0.5) is 11.5 Å². The SMILES string of the molecule is Cc1cccc2c(Cl)cc(Nc3ccccc3C(=O)c3ccccc3)nc12. The van der Waals surface area contributed by atoms with Gasteiger partial charge in [0.05, 0.1) is 16.2 Å². The molecule has 0 aliphatic carbocycles. The van der Waals surface area contributed by atoms with E-state index in [9.17, 15) is 4.79 Å². The molecular weight excluding hydrogens is 356 g/mol. The van der Waals surface area contributed by atoms with Gasteiger partial charge in [-0.3, -0.25) is 4.79 Å². The minimum atomic E-state index is -0.0400. The van der Waals surface area contributed by atoms with Crippen molar-refractivity contribution in [1.29, 1.82) is 0 Å². The van der Waals surface area contributed by atoms with E-state index >= 15 is 0 Å². The largest absolute Gasteiger partial charge is 0.340 e. The van der Waals surface area contributed by atoms with Crippen molar-refractivity contribution in [2.45, 2.75) is 6.92 Å². The van der Waals surface area contributed by atoms with Gasteiger partial charge in [-0.2, -0.15) is 0 Å². The molecule has 3 nitrogen and oxygen atoms in total. The van der Waals surface area contributed by atoms with Crippen molar-refractivity contribution in [3.8, 4) is 0 Å². The molecule has 0 bridgehead atoms. The summed E-state index contributed by atoms with van der Waals surface area (Å²) in [5.74, 6) is 0.567. The van der Waals surface area contributed by atoms with Gasteiger partial charge in [-0.05, 0) is 24.6 Å². The minimum absolute atomic E-state index is 0.0400. The number of rotatable bonds is 4. The molecule has 4 heteroatoms. The number of benzene rings is 3. The van der Waals surface area contributed by atoms with E-state index in [1.54, 1.807) is 6.07 Å². The van der Waals surface area contributed by atoms with Crippen LogP contribution in [0.1, 0.15) is 21.5 Å². The predicted octanol–water partition coefficient (Wildman–Crippen LogP) is 6.17. The Hall–Kier alpha value is -3.17. The van der Waals surface area contributed by atoms with Gasteiger partial charge in [-0.15, -0.1) is 0 Å². The average molecular weight is 373 g/mol. The average Bonchev–Trinajstić information content (AvgIpc) is 2.69. The molecule has 0 radical (unpaired) electrons. The summed E-state index contributed by atoms with van der Waals surface area (Å²) >= 11 is 6.45. The fourth-order valence-corrected chi connectivity index (χ4v) is 3.34. The Morgan fingerprint density at radius 3 is 2.48 bits per heavy atom. The molecule has 1 heterocycles. The van der Waals surface area contributed by atoms with Crippen LogP contribution in [0.3, 0.4) is 0 Å². The second-order valence-corrected chi connectivity index (χ2v) is 6.73. The van der Waals surface area contributed by atoms with Gasteiger partial charge in [-0.1, -0.05) is 72.3 Å². The molecule has 3 aromatic carbocycles. The lowest BCUT2D eigenvalue weighted by Crippen LogP contribution is -2.06. The summed E-state index contributed by atoms with van der Waals surface area (Å²) in [5.41, 5.74) is 3.83. The number of nitrogens with zero attached hydrogens (tertiary/aromatic N) is 1. The maximum atomic E-state index is 12.9. The van der Waals surface area contributed by atoms with Gasteiger partial charge in [0.1, 0.15) is 5.82 Å². The van der Waals surface area contributed by atoms with Crippen LogP contribution in [-0.2, 0) is 0 Å². The summed E-state index contributed by atoms with van der Waals surface area (Å²) in [4.78, 5) is 17.6. The third-order valence-corrected chi connectivity index (χ3v) is 4.77. The molecule has 4 rings (SSSR count). The summed E-state index contributed by atoms with van der Waals surface area (Å²) in [6, 6.07) is 24.4. The first kappa shape index (κ1) is 17.3. The summed E-state index contributed by atoms with van der Waals surface area (Å²) < 4.78 is 0. The Labute approximate surface area is 162 Å². The third-order valence-electron chi connectivity index (χ3n) is 4.46. The number of aromatic nitrogens is 1. The number of anilines is 2. The standard InChI is InChI=1S/C23H17ClN2O/c1-15-8-7-12-17-19(24)14-21(26-22(15)17)25-20-13-6-5-11-18(20)23(27)16-9-3-2-4-10-16/h2-14H,1H3,(H,25,26). The Balaban J connectivity index is 1.75. The highest BCUT2D eigenvalue weighted by Gasteiger charge is 2.14. The molecule has 1 N–H and O–H groups in total. The number of pyridine rings is 1. The van der Waals surface area contributed by atoms with Crippen molar-refractivity contribution in [3.63, 3.8) is 0 Å². The van der Waals surface area contributed by atoms with Gasteiger partial charge in [0.2, 0.25) is 0 Å².